The normalized spacial score (nSPS) is 13.3. The molecule has 4 aromatic heterocycles. The Hall–Kier alpha value is -6.62. The number of nitrogens with two attached hydrogens (primary N) is 3. The smallest absolute Gasteiger partial charge is 0.276 e. The lowest BCUT2D eigenvalue weighted by Crippen LogP contribution is -2.49. The van der Waals surface area contributed by atoms with Gasteiger partial charge in [0.1, 0.15) is 21.8 Å². The van der Waals surface area contributed by atoms with Crippen LogP contribution in [0.15, 0.2) is 47.4 Å². The summed E-state index contributed by atoms with van der Waals surface area (Å²) < 4.78 is 11.7. The van der Waals surface area contributed by atoms with Gasteiger partial charge in [0.2, 0.25) is 29.6 Å². The molecular formula is C45H56N14O6S2. The molecule has 1 aliphatic heterocycles. The number of thiazole rings is 1. The highest BCUT2D eigenvalue weighted by Crippen LogP contribution is 2.34. The van der Waals surface area contributed by atoms with Gasteiger partial charge in [0, 0.05) is 81.3 Å². The van der Waals surface area contributed by atoms with Crippen molar-refractivity contribution in [1.82, 2.24) is 43.7 Å². The number of ether oxygens (including phenoxy) is 1. The summed E-state index contributed by atoms with van der Waals surface area (Å²) in [7, 11) is 0. The number of thioether (sulfide) groups is 1. The molecule has 20 nitrogen and oxygen atoms in total. The number of primary amides is 2. The van der Waals surface area contributed by atoms with Gasteiger partial charge < -0.3 is 36.0 Å². The van der Waals surface area contributed by atoms with Crippen molar-refractivity contribution >= 4 is 86.6 Å². The molecule has 0 radical (unpaired) electrons. The van der Waals surface area contributed by atoms with E-state index in [0.29, 0.717) is 102 Å². The van der Waals surface area contributed by atoms with Gasteiger partial charge in [-0.3, -0.25) is 44.2 Å². The number of hydrogen-bond donors (Lipinski definition) is 5. The minimum absolute atomic E-state index is 0.0689. The maximum atomic E-state index is 13.9. The monoisotopic (exact) mass is 952 g/mol. The molecule has 0 unspecified atom stereocenters. The number of nitrogens with zero attached hydrogens (tertiary/aromatic N) is 9. The molecule has 0 saturated carbocycles. The molecule has 0 aliphatic carbocycles. The van der Waals surface area contributed by atoms with E-state index >= 15 is 0 Å². The van der Waals surface area contributed by atoms with Crippen molar-refractivity contribution in [2.24, 2.45) is 17.2 Å². The number of amides is 5. The van der Waals surface area contributed by atoms with Crippen LogP contribution >= 0.6 is 23.1 Å². The number of carbonyl (C=O) groups excluding carboxylic acids is 5. The SMILES string of the molecule is CCc1nc(C)sc1C(=O)Nc1nc2cc(C(N)=O)cc(OCCCN3CCN(C(=O)CCN)CC3)c2n1C/C=C/Cn1c(NC(=O)c2cc(C)nn2CC)nc2cc(C(N)=O)cc(SC)c21. The van der Waals surface area contributed by atoms with E-state index in [1.165, 1.54) is 23.1 Å². The Morgan fingerprint density at radius 1 is 0.836 bits per heavy atom. The summed E-state index contributed by atoms with van der Waals surface area (Å²) in [5, 5.41) is 11.1. The van der Waals surface area contributed by atoms with Crippen molar-refractivity contribution in [2.45, 2.75) is 71.5 Å². The van der Waals surface area contributed by atoms with Crippen LogP contribution in [0.3, 0.4) is 0 Å². The van der Waals surface area contributed by atoms with Crippen LogP contribution in [0.5, 0.6) is 5.75 Å². The average molecular weight is 953 g/mol. The standard InChI is InChI=1S/C45H56N14O6S2/c1-6-30-39(67-27(4)49-30)43(64)53-45-50-31-22-28(40(47)61)24-34(65-20-10-13-55-16-18-56(19-17-55)36(60)11-12-46)37(31)57(45)14-8-9-15-58-38-32(23-29(41(48)62)25-35(38)66-5)51-44(58)52-42(63)33-21-26(3)54-59(33)7-2/h8-9,21-25H,6-7,10-20,46H2,1-5H3,(H2,47,61)(H2,48,62)(H,50,53,64)(H,51,52,63)/b9-8+. The molecule has 5 amide bonds. The number of aryl methyl sites for hydroxylation is 4. The number of rotatable bonds is 20. The van der Waals surface area contributed by atoms with Crippen LogP contribution in [0.25, 0.3) is 22.1 Å². The minimum atomic E-state index is -0.668. The predicted molar refractivity (Wildman–Crippen MR) is 259 cm³/mol. The zero-order valence-electron chi connectivity index (χ0n) is 38.3. The molecule has 1 saturated heterocycles. The maximum absolute atomic E-state index is 13.9. The molecule has 22 heteroatoms. The number of aromatic nitrogens is 7. The second-order valence-electron chi connectivity index (χ2n) is 15.9. The van der Waals surface area contributed by atoms with E-state index in [9.17, 15) is 24.0 Å². The van der Waals surface area contributed by atoms with Crippen LogP contribution in [0.4, 0.5) is 11.9 Å². The number of imidazole rings is 2. The second kappa shape index (κ2) is 21.3. The van der Waals surface area contributed by atoms with Gasteiger partial charge in [-0.2, -0.15) is 5.10 Å². The summed E-state index contributed by atoms with van der Waals surface area (Å²) in [5.41, 5.74) is 21.4. The molecule has 67 heavy (non-hydrogen) atoms. The molecule has 5 heterocycles. The van der Waals surface area contributed by atoms with Crippen molar-refractivity contribution in [2.75, 3.05) is 62.8 Å². The molecule has 0 atom stereocenters. The van der Waals surface area contributed by atoms with E-state index in [-0.39, 0.29) is 47.9 Å². The largest absolute Gasteiger partial charge is 0.491 e. The lowest BCUT2D eigenvalue weighted by Gasteiger charge is -2.34. The van der Waals surface area contributed by atoms with E-state index in [1.807, 2.05) is 55.6 Å². The summed E-state index contributed by atoms with van der Waals surface area (Å²) in [6.45, 7) is 12.5. The number of anilines is 2. The van der Waals surface area contributed by atoms with Crippen molar-refractivity contribution in [3.8, 4) is 5.75 Å². The van der Waals surface area contributed by atoms with Gasteiger partial charge >= 0.3 is 0 Å². The lowest BCUT2D eigenvalue weighted by molar-refractivity contribution is -0.132. The van der Waals surface area contributed by atoms with Gasteiger partial charge in [-0.1, -0.05) is 19.1 Å². The van der Waals surface area contributed by atoms with Gasteiger partial charge in [-0.15, -0.1) is 23.1 Å². The Kier molecular flexibility index (Phi) is 15.4. The molecule has 2 aromatic carbocycles. The van der Waals surface area contributed by atoms with Crippen molar-refractivity contribution < 1.29 is 28.7 Å². The van der Waals surface area contributed by atoms with Crippen molar-refractivity contribution in [1.29, 1.82) is 0 Å². The third-order valence-corrected chi connectivity index (χ3v) is 13.1. The maximum Gasteiger partial charge on any atom is 0.276 e. The number of allylic oxidation sites excluding steroid dienone is 2. The lowest BCUT2D eigenvalue weighted by atomic mass is 10.1. The third-order valence-electron chi connectivity index (χ3n) is 11.3. The van der Waals surface area contributed by atoms with Gasteiger partial charge in [0.15, 0.2) is 0 Å². The topological polar surface area (TPSA) is 270 Å². The average Bonchev–Trinajstić information content (AvgIpc) is 4.08. The number of nitrogens with one attached hydrogen (secondary N) is 2. The number of fused-ring (bicyclic) bond motifs is 2. The van der Waals surface area contributed by atoms with Crippen LogP contribution in [0.2, 0.25) is 0 Å². The van der Waals surface area contributed by atoms with E-state index in [0.717, 1.165) is 29.5 Å². The molecule has 1 aliphatic rings. The first-order valence-electron chi connectivity index (χ1n) is 22.1. The molecule has 354 valence electrons. The Labute approximate surface area is 395 Å². The fourth-order valence-electron chi connectivity index (χ4n) is 8.07. The van der Waals surface area contributed by atoms with Crippen LogP contribution in [-0.2, 0) is 30.8 Å². The van der Waals surface area contributed by atoms with Gasteiger partial charge in [0.05, 0.1) is 39.6 Å². The highest BCUT2D eigenvalue weighted by molar-refractivity contribution is 7.98. The third kappa shape index (κ3) is 10.8. The Morgan fingerprint density at radius 3 is 2.07 bits per heavy atom. The highest BCUT2D eigenvalue weighted by atomic mass is 32.2. The molecule has 8 N–H and O–H groups in total. The van der Waals surface area contributed by atoms with Crippen LogP contribution < -0.4 is 32.6 Å². The van der Waals surface area contributed by atoms with E-state index in [2.05, 4.69) is 25.6 Å². The minimum Gasteiger partial charge on any atom is -0.491 e. The van der Waals surface area contributed by atoms with Gasteiger partial charge in [-0.05, 0) is 70.2 Å². The van der Waals surface area contributed by atoms with Crippen molar-refractivity contribution in [3.63, 3.8) is 0 Å². The van der Waals surface area contributed by atoms with Gasteiger partial charge in [0.25, 0.3) is 11.8 Å². The van der Waals surface area contributed by atoms with E-state index < -0.39 is 17.7 Å². The first-order valence-corrected chi connectivity index (χ1v) is 24.1. The fraction of sp³-hybridized carbons (Fsp3) is 0.400. The number of piperazine rings is 1. The predicted octanol–water partition coefficient (Wildman–Crippen LogP) is 4.18. The Bertz CT molecular complexity index is 2870. The summed E-state index contributed by atoms with van der Waals surface area (Å²) in [5.74, 6) is -1.18. The second-order valence-corrected chi connectivity index (χ2v) is 18.0. The summed E-state index contributed by atoms with van der Waals surface area (Å²) >= 11 is 2.70. The number of benzene rings is 2. The number of hydrogen-bond acceptors (Lipinski definition) is 14. The quantitative estimate of drug-likeness (QED) is 0.0409. The molecule has 6 aromatic rings. The Balaban J connectivity index is 1.21. The van der Waals surface area contributed by atoms with Crippen LogP contribution in [0, 0.1) is 13.8 Å². The molecule has 0 spiro atoms. The fourth-order valence-corrected chi connectivity index (χ4v) is 9.63. The van der Waals surface area contributed by atoms with Crippen LogP contribution in [-0.4, -0.2) is 125 Å². The molecule has 7 rings (SSSR count). The number of carbonyl (C=O) groups is 5. The van der Waals surface area contributed by atoms with Gasteiger partial charge in [-0.25, -0.2) is 15.0 Å². The first-order chi connectivity index (χ1) is 32.2. The summed E-state index contributed by atoms with van der Waals surface area (Å²) in [6.07, 6.45) is 7.21. The highest BCUT2D eigenvalue weighted by Gasteiger charge is 2.25. The zero-order valence-corrected chi connectivity index (χ0v) is 39.9. The summed E-state index contributed by atoms with van der Waals surface area (Å²) in [6, 6.07) is 8.17. The van der Waals surface area contributed by atoms with Crippen LogP contribution in [0.1, 0.15) is 84.0 Å². The molecule has 1 fully saturated rings. The molecule has 0 bridgehead atoms. The van der Waals surface area contributed by atoms with Crippen molar-refractivity contribution in [3.05, 3.63) is 80.6 Å². The first kappa shape index (κ1) is 48.3. The Morgan fingerprint density at radius 2 is 1.46 bits per heavy atom. The summed E-state index contributed by atoms with van der Waals surface area (Å²) in [4.78, 5) is 84.4. The van der Waals surface area contributed by atoms with E-state index in [1.54, 1.807) is 39.6 Å². The van der Waals surface area contributed by atoms with E-state index in [4.69, 9.17) is 31.9 Å². The molecular weight excluding hydrogens is 897 g/mol. The zero-order chi connectivity index (χ0) is 47.9.